The number of hydrogen-bond acceptors (Lipinski definition) is 8. The fraction of sp³-hybridized carbons (Fsp3) is 0.227. The lowest BCUT2D eigenvalue weighted by Crippen LogP contribution is -2.44. The van der Waals surface area contributed by atoms with Crippen molar-refractivity contribution in [3.63, 3.8) is 0 Å². The van der Waals surface area contributed by atoms with Gasteiger partial charge in [0.05, 0.1) is 15.9 Å². The largest absolute Gasteiger partial charge is 0.457 e. The van der Waals surface area contributed by atoms with Crippen LogP contribution in [0, 0.1) is 0 Å². The topological polar surface area (TPSA) is 80.4 Å². The average molecular weight is 419 g/mol. The van der Waals surface area contributed by atoms with Gasteiger partial charge in [-0.1, -0.05) is 11.3 Å². The number of pyridine rings is 2. The lowest BCUT2D eigenvalue weighted by Gasteiger charge is -2.33. The molecular formula is C22H22N6OS. The molecule has 1 fully saturated rings. The summed E-state index contributed by atoms with van der Waals surface area (Å²) in [4.78, 5) is 18.1. The van der Waals surface area contributed by atoms with Crippen molar-refractivity contribution in [3.8, 4) is 22.8 Å². The van der Waals surface area contributed by atoms with E-state index in [1.165, 1.54) is 11.3 Å². The third kappa shape index (κ3) is 3.92. The van der Waals surface area contributed by atoms with E-state index in [-0.39, 0.29) is 0 Å². The van der Waals surface area contributed by atoms with Crippen LogP contribution in [0.15, 0.2) is 54.9 Å². The number of nitrogens with zero attached hydrogens (tertiary/aromatic N) is 5. The second kappa shape index (κ2) is 7.89. The first-order valence-electron chi connectivity index (χ1n) is 9.84. The monoisotopic (exact) mass is 418 g/mol. The molecule has 7 nitrogen and oxygen atoms in total. The Labute approximate surface area is 178 Å². The molecule has 30 heavy (non-hydrogen) atoms. The summed E-state index contributed by atoms with van der Waals surface area (Å²) in [7, 11) is 2.15. The van der Waals surface area contributed by atoms with Crippen molar-refractivity contribution in [3.05, 3.63) is 54.9 Å². The van der Waals surface area contributed by atoms with Crippen LogP contribution in [0.2, 0.25) is 0 Å². The molecule has 0 unspecified atom stereocenters. The van der Waals surface area contributed by atoms with Gasteiger partial charge in [0.25, 0.3) is 0 Å². The Morgan fingerprint density at radius 2 is 1.80 bits per heavy atom. The first kappa shape index (κ1) is 18.8. The molecule has 1 saturated heterocycles. The Hall–Kier alpha value is -3.23. The number of rotatable bonds is 4. The van der Waals surface area contributed by atoms with E-state index in [0.29, 0.717) is 5.13 Å². The van der Waals surface area contributed by atoms with Gasteiger partial charge in [-0.2, -0.15) is 0 Å². The van der Waals surface area contributed by atoms with Gasteiger partial charge in [-0.15, -0.1) is 0 Å². The van der Waals surface area contributed by atoms with E-state index in [2.05, 4.69) is 43.9 Å². The van der Waals surface area contributed by atoms with E-state index in [1.807, 2.05) is 36.5 Å². The van der Waals surface area contributed by atoms with Crippen LogP contribution in [0.25, 0.3) is 21.5 Å². The molecule has 0 atom stereocenters. The highest BCUT2D eigenvalue weighted by molar-refractivity contribution is 7.22. The molecule has 1 aromatic carbocycles. The van der Waals surface area contributed by atoms with Crippen LogP contribution >= 0.6 is 11.3 Å². The van der Waals surface area contributed by atoms with Crippen LogP contribution < -0.4 is 15.4 Å². The number of hydrogen-bond donors (Lipinski definition) is 1. The van der Waals surface area contributed by atoms with Gasteiger partial charge in [-0.05, 0) is 37.4 Å². The molecular weight excluding hydrogens is 396 g/mol. The Bertz CT molecular complexity index is 1170. The molecule has 3 aromatic heterocycles. The third-order valence-corrected chi connectivity index (χ3v) is 6.06. The smallest absolute Gasteiger partial charge is 0.181 e. The molecule has 4 aromatic rings. The normalized spacial score (nSPS) is 14.9. The molecule has 0 amide bonds. The number of thiazole rings is 1. The maximum absolute atomic E-state index is 6.05. The van der Waals surface area contributed by atoms with Gasteiger partial charge >= 0.3 is 0 Å². The zero-order valence-corrected chi connectivity index (χ0v) is 17.5. The van der Waals surface area contributed by atoms with Crippen molar-refractivity contribution >= 4 is 32.5 Å². The Kier molecular flexibility index (Phi) is 4.94. The number of ether oxygens (including phenoxy) is 1. The van der Waals surface area contributed by atoms with Crippen LogP contribution in [0.3, 0.4) is 0 Å². The third-order valence-electron chi connectivity index (χ3n) is 5.21. The second-order valence-corrected chi connectivity index (χ2v) is 8.42. The number of aromatic nitrogens is 3. The SMILES string of the molecule is CN1CCN(c2ccc(-c3cc(Oc4ccc5nc(N)sc5c4)ccn3)cn2)CC1. The lowest BCUT2D eigenvalue weighted by atomic mass is 10.2. The van der Waals surface area contributed by atoms with E-state index >= 15 is 0 Å². The maximum Gasteiger partial charge on any atom is 0.181 e. The van der Waals surface area contributed by atoms with E-state index in [1.54, 1.807) is 6.20 Å². The van der Waals surface area contributed by atoms with Gasteiger partial charge < -0.3 is 20.3 Å². The first-order valence-corrected chi connectivity index (χ1v) is 10.7. The summed E-state index contributed by atoms with van der Waals surface area (Å²) >= 11 is 1.45. The molecule has 0 saturated carbocycles. The summed E-state index contributed by atoms with van der Waals surface area (Å²) in [6, 6.07) is 13.7. The Morgan fingerprint density at radius 3 is 2.60 bits per heavy atom. The molecule has 0 spiro atoms. The van der Waals surface area contributed by atoms with E-state index in [0.717, 1.165) is 65.0 Å². The van der Waals surface area contributed by atoms with Crippen molar-refractivity contribution < 1.29 is 4.74 Å². The second-order valence-electron chi connectivity index (χ2n) is 7.36. The molecule has 8 heteroatoms. The van der Waals surface area contributed by atoms with Crippen molar-refractivity contribution in [2.24, 2.45) is 0 Å². The molecule has 5 rings (SSSR count). The molecule has 1 aliphatic heterocycles. The van der Waals surface area contributed by atoms with Gasteiger partial charge in [0.2, 0.25) is 0 Å². The Morgan fingerprint density at radius 1 is 0.967 bits per heavy atom. The summed E-state index contributed by atoms with van der Waals surface area (Å²) in [6.45, 7) is 4.12. The molecule has 1 aliphatic rings. The van der Waals surface area contributed by atoms with Gasteiger partial charge in [-0.3, -0.25) is 4.98 Å². The minimum atomic E-state index is 0.556. The highest BCUT2D eigenvalue weighted by Gasteiger charge is 2.15. The molecule has 4 heterocycles. The van der Waals surface area contributed by atoms with Crippen molar-refractivity contribution in [1.29, 1.82) is 0 Å². The fourth-order valence-corrected chi connectivity index (χ4v) is 4.28. The van der Waals surface area contributed by atoms with Crippen LogP contribution in [-0.4, -0.2) is 53.1 Å². The quantitative estimate of drug-likeness (QED) is 0.539. The van der Waals surface area contributed by atoms with Crippen LogP contribution in [0.5, 0.6) is 11.5 Å². The first-order chi connectivity index (χ1) is 14.6. The molecule has 0 radical (unpaired) electrons. The lowest BCUT2D eigenvalue weighted by molar-refractivity contribution is 0.312. The number of piperazine rings is 1. The minimum Gasteiger partial charge on any atom is -0.457 e. The minimum absolute atomic E-state index is 0.556. The number of fused-ring (bicyclic) bond motifs is 1. The van der Waals surface area contributed by atoms with Gasteiger partial charge in [0.1, 0.15) is 17.3 Å². The number of likely N-dealkylation sites (N-methyl/N-ethyl adjacent to an activating group) is 1. The van der Waals surface area contributed by atoms with Gasteiger partial charge in [-0.25, -0.2) is 9.97 Å². The molecule has 0 bridgehead atoms. The van der Waals surface area contributed by atoms with Crippen LogP contribution in [0.4, 0.5) is 10.9 Å². The summed E-state index contributed by atoms with van der Waals surface area (Å²) < 4.78 is 7.05. The zero-order valence-electron chi connectivity index (χ0n) is 16.7. The summed E-state index contributed by atoms with van der Waals surface area (Å²) in [5, 5.41) is 0.556. The summed E-state index contributed by atoms with van der Waals surface area (Å²) in [5.74, 6) is 2.48. The maximum atomic E-state index is 6.05. The highest BCUT2D eigenvalue weighted by atomic mass is 32.1. The number of benzene rings is 1. The average Bonchev–Trinajstić information content (AvgIpc) is 3.14. The number of anilines is 2. The molecule has 152 valence electrons. The van der Waals surface area contributed by atoms with E-state index < -0.39 is 0 Å². The van der Waals surface area contributed by atoms with Crippen molar-refractivity contribution in [1.82, 2.24) is 19.9 Å². The molecule has 0 aliphatic carbocycles. The van der Waals surface area contributed by atoms with Gasteiger partial charge in [0, 0.05) is 56.3 Å². The van der Waals surface area contributed by atoms with E-state index in [9.17, 15) is 0 Å². The van der Waals surface area contributed by atoms with Crippen molar-refractivity contribution in [2.75, 3.05) is 43.9 Å². The summed E-state index contributed by atoms with van der Waals surface area (Å²) in [5.41, 5.74) is 8.46. The fourth-order valence-electron chi connectivity index (χ4n) is 3.52. The standard InChI is InChI=1S/C22H22N6OS/c1-27-8-10-28(11-9-27)21-5-2-15(14-25-21)19-12-17(6-7-24-19)29-16-3-4-18-20(13-16)30-22(23)26-18/h2-7,12-14H,8-11H2,1H3,(H2,23,26). The number of nitrogen functional groups attached to an aromatic ring is 1. The molecule has 2 N–H and O–H groups in total. The highest BCUT2D eigenvalue weighted by Crippen LogP contribution is 2.31. The van der Waals surface area contributed by atoms with Crippen LogP contribution in [0.1, 0.15) is 0 Å². The van der Waals surface area contributed by atoms with E-state index in [4.69, 9.17) is 10.5 Å². The predicted molar refractivity (Wildman–Crippen MR) is 121 cm³/mol. The zero-order chi connectivity index (χ0) is 20.5. The van der Waals surface area contributed by atoms with Crippen molar-refractivity contribution in [2.45, 2.75) is 0 Å². The summed E-state index contributed by atoms with van der Waals surface area (Å²) in [6.07, 6.45) is 3.63. The van der Waals surface area contributed by atoms with Crippen LogP contribution in [-0.2, 0) is 0 Å². The number of nitrogens with two attached hydrogens (primary N) is 1. The Balaban J connectivity index is 1.33. The van der Waals surface area contributed by atoms with Gasteiger partial charge in [0.15, 0.2) is 5.13 Å². The predicted octanol–water partition coefficient (Wildman–Crippen LogP) is 3.88.